The lowest BCUT2D eigenvalue weighted by molar-refractivity contribution is -0.115. The molecular weight excluding hydrogens is 422 g/mol. The molecule has 0 fully saturated rings. The van der Waals surface area contributed by atoms with Crippen molar-refractivity contribution in [3.63, 3.8) is 0 Å². The molecule has 0 aliphatic heterocycles. The minimum Gasteiger partial charge on any atom is -0.465 e. The summed E-state index contributed by atoms with van der Waals surface area (Å²) in [5, 5.41) is 3.96. The zero-order valence-corrected chi connectivity index (χ0v) is 17.9. The van der Waals surface area contributed by atoms with Crippen molar-refractivity contribution in [2.75, 3.05) is 12.4 Å². The number of rotatable bonds is 5. The van der Waals surface area contributed by atoms with E-state index < -0.39 is 5.97 Å². The van der Waals surface area contributed by atoms with Crippen LogP contribution in [0.1, 0.15) is 20.9 Å². The van der Waals surface area contributed by atoms with Gasteiger partial charge in [0.15, 0.2) is 0 Å². The third-order valence-corrected chi connectivity index (χ3v) is 5.81. The number of amides is 1. The first-order valence-corrected chi connectivity index (χ1v) is 10.4. The Bertz CT molecular complexity index is 1240. The Balaban J connectivity index is 1.68. The maximum atomic E-state index is 12.9. The van der Waals surface area contributed by atoms with Gasteiger partial charge in [-0.25, -0.2) is 9.78 Å². The molecule has 4 rings (SSSR count). The van der Waals surface area contributed by atoms with Gasteiger partial charge < -0.3 is 14.5 Å². The second-order valence-electron chi connectivity index (χ2n) is 6.66. The minimum atomic E-state index is -0.480. The quantitative estimate of drug-likeness (QED) is 0.444. The molecular formula is C22H18ClN3O3S. The number of hydrogen-bond acceptors (Lipinski definition) is 5. The van der Waals surface area contributed by atoms with Crippen LogP contribution in [0.3, 0.4) is 0 Å². The number of hydrogen-bond donors (Lipinski definition) is 1. The summed E-state index contributed by atoms with van der Waals surface area (Å²) in [6.07, 6.45) is 1.96. The molecule has 0 radical (unpaired) electrons. The number of aryl methyl sites for hydroxylation is 1. The van der Waals surface area contributed by atoms with Gasteiger partial charge in [-0.1, -0.05) is 29.8 Å². The van der Waals surface area contributed by atoms with Crippen molar-refractivity contribution in [1.29, 1.82) is 0 Å². The van der Waals surface area contributed by atoms with Crippen LogP contribution in [-0.2, 0) is 16.0 Å². The van der Waals surface area contributed by atoms with E-state index >= 15 is 0 Å². The van der Waals surface area contributed by atoms with Crippen molar-refractivity contribution in [2.45, 2.75) is 13.3 Å². The van der Waals surface area contributed by atoms with E-state index in [1.165, 1.54) is 18.4 Å². The van der Waals surface area contributed by atoms with Crippen LogP contribution in [0.15, 0.2) is 54.7 Å². The van der Waals surface area contributed by atoms with E-state index in [1.54, 1.807) is 18.2 Å². The van der Waals surface area contributed by atoms with Crippen molar-refractivity contribution in [2.24, 2.45) is 0 Å². The highest BCUT2D eigenvalue weighted by atomic mass is 35.5. The summed E-state index contributed by atoms with van der Waals surface area (Å²) in [5.41, 5.74) is 3.42. The first-order valence-electron chi connectivity index (χ1n) is 9.16. The summed E-state index contributed by atoms with van der Waals surface area (Å²) in [4.78, 5) is 30.5. The first kappa shape index (κ1) is 20.1. The van der Waals surface area contributed by atoms with Crippen molar-refractivity contribution >= 4 is 45.5 Å². The van der Waals surface area contributed by atoms with Gasteiger partial charge in [-0.2, -0.15) is 0 Å². The number of anilines is 1. The average molecular weight is 440 g/mol. The maximum Gasteiger partial charge on any atom is 0.340 e. The SMILES string of the molecule is COC(=O)c1cc(C)sc1NC(=O)Cc1c(-c2ccc(Cl)cc2)nc2ccccn12. The molecule has 0 atom stereocenters. The van der Waals surface area contributed by atoms with Crippen LogP contribution in [0.2, 0.25) is 5.02 Å². The zero-order chi connectivity index (χ0) is 21.3. The predicted octanol–water partition coefficient (Wildman–Crippen LogP) is 4.99. The van der Waals surface area contributed by atoms with E-state index in [1.807, 2.05) is 47.9 Å². The lowest BCUT2D eigenvalue weighted by atomic mass is 10.1. The molecule has 3 heterocycles. The van der Waals surface area contributed by atoms with Gasteiger partial charge in [0.2, 0.25) is 5.91 Å². The number of nitrogens with zero attached hydrogens (tertiary/aromatic N) is 2. The number of aromatic nitrogens is 2. The Morgan fingerprint density at radius 3 is 2.70 bits per heavy atom. The number of carbonyl (C=O) groups is 2. The molecule has 152 valence electrons. The van der Waals surface area contributed by atoms with Gasteiger partial charge >= 0.3 is 5.97 Å². The summed E-state index contributed by atoms with van der Waals surface area (Å²) in [5.74, 6) is -0.728. The highest BCUT2D eigenvalue weighted by Gasteiger charge is 2.20. The Morgan fingerprint density at radius 2 is 1.97 bits per heavy atom. The van der Waals surface area contributed by atoms with Crippen molar-refractivity contribution < 1.29 is 14.3 Å². The lowest BCUT2D eigenvalue weighted by Crippen LogP contribution is -2.17. The van der Waals surface area contributed by atoms with Crippen LogP contribution in [0.25, 0.3) is 16.9 Å². The Kier molecular flexibility index (Phi) is 5.57. The van der Waals surface area contributed by atoms with Gasteiger partial charge in [0.05, 0.1) is 30.5 Å². The maximum absolute atomic E-state index is 12.9. The number of pyridine rings is 1. The molecule has 1 aromatic carbocycles. The second-order valence-corrected chi connectivity index (χ2v) is 8.35. The van der Waals surface area contributed by atoms with Crippen LogP contribution < -0.4 is 5.32 Å². The van der Waals surface area contributed by atoms with Crippen LogP contribution in [0.5, 0.6) is 0 Å². The summed E-state index contributed by atoms with van der Waals surface area (Å²) < 4.78 is 6.71. The number of benzene rings is 1. The molecule has 0 spiro atoms. The van der Waals surface area contributed by atoms with Crippen LogP contribution in [-0.4, -0.2) is 28.4 Å². The van der Waals surface area contributed by atoms with Crippen LogP contribution in [0, 0.1) is 6.92 Å². The monoisotopic (exact) mass is 439 g/mol. The number of imidazole rings is 1. The van der Waals surface area contributed by atoms with Crippen molar-refractivity contribution in [1.82, 2.24) is 9.38 Å². The normalized spacial score (nSPS) is 10.9. The van der Waals surface area contributed by atoms with Gasteiger partial charge in [0, 0.05) is 21.7 Å². The summed E-state index contributed by atoms with van der Waals surface area (Å²) in [7, 11) is 1.32. The largest absolute Gasteiger partial charge is 0.465 e. The van der Waals surface area contributed by atoms with Gasteiger partial charge in [0.25, 0.3) is 0 Å². The fourth-order valence-corrected chi connectivity index (χ4v) is 4.29. The molecule has 1 N–H and O–H groups in total. The van der Waals surface area contributed by atoms with Gasteiger partial charge in [-0.15, -0.1) is 11.3 Å². The van der Waals surface area contributed by atoms with E-state index in [-0.39, 0.29) is 12.3 Å². The standard InChI is InChI=1S/C22H18ClN3O3S/c1-13-11-16(22(28)29-2)21(30-13)25-19(27)12-17-20(14-6-8-15(23)9-7-14)24-18-5-3-4-10-26(17)18/h3-11H,12H2,1-2H3,(H,25,27). The molecule has 6 nitrogen and oxygen atoms in total. The van der Waals surface area contributed by atoms with Gasteiger partial charge in [-0.05, 0) is 37.3 Å². The molecule has 0 saturated carbocycles. The Hall–Kier alpha value is -3.16. The number of thiophene rings is 1. The fraction of sp³-hybridized carbons (Fsp3) is 0.136. The highest BCUT2D eigenvalue weighted by molar-refractivity contribution is 7.16. The smallest absolute Gasteiger partial charge is 0.340 e. The van der Waals surface area contributed by atoms with Gasteiger partial charge in [-0.3, -0.25) is 4.79 Å². The summed E-state index contributed by atoms with van der Waals surface area (Å²) in [6.45, 7) is 1.87. The topological polar surface area (TPSA) is 72.7 Å². The Labute approximate surface area is 182 Å². The molecule has 0 unspecified atom stereocenters. The number of methoxy groups -OCH3 is 1. The van der Waals surface area contributed by atoms with Crippen molar-refractivity contribution in [3.8, 4) is 11.3 Å². The number of carbonyl (C=O) groups excluding carboxylic acids is 2. The second kappa shape index (κ2) is 8.30. The molecule has 0 saturated heterocycles. The number of esters is 1. The van der Waals surface area contributed by atoms with E-state index in [0.717, 1.165) is 21.8 Å². The minimum absolute atomic E-state index is 0.0840. The lowest BCUT2D eigenvalue weighted by Gasteiger charge is -2.08. The predicted molar refractivity (Wildman–Crippen MR) is 118 cm³/mol. The molecule has 3 aromatic heterocycles. The van der Waals surface area contributed by atoms with Gasteiger partial charge in [0.1, 0.15) is 10.6 Å². The zero-order valence-electron chi connectivity index (χ0n) is 16.3. The first-order chi connectivity index (χ1) is 14.5. The van der Waals surface area contributed by atoms with E-state index in [0.29, 0.717) is 21.3 Å². The third kappa shape index (κ3) is 3.94. The molecule has 8 heteroatoms. The number of fused-ring (bicyclic) bond motifs is 1. The van der Waals surface area contributed by atoms with Crippen molar-refractivity contribution in [3.05, 3.63) is 75.9 Å². The fourth-order valence-electron chi connectivity index (χ4n) is 3.25. The van der Waals surface area contributed by atoms with E-state index in [9.17, 15) is 9.59 Å². The molecule has 30 heavy (non-hydrogen) atoms. The van der Waals surface area contributed by atoms with E-state index in [4.69, 9.17) is 21.3 Å². The average Bonchev–Trinajstić information content (AvgIpc) is 3.28. The van der Waals surface area contributed by atoms with Crippen LogP contribution >= 0.6 is 22.9 Å². The third-order valence-electron chi connectivity index (χ3n) is 4.59. The molecule has 4 aromatic rings. The van der Waals surface area contributed by atoms with Crippen LogP contribution in [0.4, 0.5) is 5.00 Å². The molecule has 0 aliphatic carbocycles. The number of nitrogens with one attached hydrogen (secondary N) is 1. The number of ether oxygens (including phenoxy) is 1. The molecule has 0 bridgehead atoms. The summed E-state index contributed by atoms with van der Waals surface area (Å²) >= 11 is 7.36. The Morgan fingerprint density at radius 1 is 1.20 bits per heavy atom. The van der Waals surface area contributed by atoms with E-state index in [2.05, 4.69) is 5.32 Å². The number of halogens is 1. The highest BCUT2D eigenvalue weighted by Crippen LogP contribution is 2.30. The summed E-state index contributed by atoms with van der Waals surface area (Å²) in [6, 6.07) is 14.7. The molecule has 0 aliphatic rings. The molecule has 1 amide bonds.